The van der Waals surface area contributed by atoms with Gasteiger partial charge in [-0.05, 0) is 56.0 Å². The van der Waals surface area contributed by atoms with E-state index < -0.39 is 5.25 Å². The van der Waals surface area contributed by atoms with Crippen LogP contribution in [-0.4, -0.2) is 47.4 Å². The minimum Gasteiger partial charge on any atom is -0.497 e. The molecule has 0 aromatic heterocycles. The van der Waals surface area contributed by atoms with Gasteiger partial charge in [-0.15, -0.1) is 0 Å². The van der Waals surface area contributed by atoms with Gasteiger partial charge in [0.05, 0.1) is 25.6 Å². The Kier molecular flexibility index (Phi) is 7.46. The summed E-state index contributed by atoms with van der Waals surface area (Å²) in [4.78, 5) is 33.1. The molecule has 1 aliphatic heterocycles. The van der Waals surface area contributed by atoms with E-state index in [0.29, 0.717) is 22.4 Å². The molecule has 2 aromatic carbocycles. The van der Waals surface area contributed by atoms with Crippen LogP contribution in [-0.2, 0) is 9.59 Å². The van der Waals surface area contributed by atoms with Crippen LogP contribution in [0.5, 0.6) is 11.5 Å². The van der Waals surface area contributed by atoms with Gasteiger partial charge in [0.15, 0.2) is 5.17 Å². The van der Waals surface area contributed by atoms with Gasteiger partial charge in [-0.2, -0.15) is 0 Å². The highest BCUT2D eigenvalue weighted by atomic mass is 32.2. The third kappa shape index (κ3) is 5.22. The topological polar surface area (TPSA) is 80.2 Å². The van der Waals surface area contributed by atoms with Crippen molar-refractivity contribution in [1.82, 2.24) is 4.90 Å². The molecule has 1 N–H and O–H groups in total. The van der Waals surface area contributed by atoms with Gasteiger partial charge < -0.3 is 14.8 Å². The normalized spacial score (nSPS) is 19.6. The predicted octanol–water partition coefficient (Wildman–Crippen LogP) is 5.22. The van der Waals surface area contributed by atoms with E-state index in [1.165, 1.54) is 18.9 Å². The summed E-state index contributed by atoms with van der Waals surface area (Å²) in [5.41, 5.74) is 3.59. The molecular formula is C26H31N3O4S. The van der Waals surface area contributed by atoms with Crippen LogP contribution in [0.1, 0.15) is 43.2 Å². The molecule has 1 saturated carbocycles. The molecule has 1 unspecified atom stereocenters. The minimum absolute atomic E-state index is 0.0298. The highest BCUT2D eigenvalue weighted by Gasteiger charge is 2.43. The summed E-state index contributed by atoms with van der Waals surface area (Å²) < 4.78 is 10.6. The van der Waals surface area contributed by atoms with Gasteiger partial charge in [-0.25, -0.2) is 4.99 Å². The van der Waals surface area contributed by atoms with Gasteiger partial charge in [0.25, 0.3) is 0 Å². The number of amidine groups is 1. The van der Waals surface area contributed by atoms with Crippen molar-refractivity contribution in [2.75, 3.05) is 19.5 Å². The number of carbonyl (C=O) groups excluding carboxylic acids is 2. The van der Waals surface area contributed by atoms with Crippen molar-refractivity contribution in [3.8, 4) is 11.5 Å². The summed E-state index contributed by atoms with van der Waals surface area (Å²) >= 11 is 1.39. The summed E-state index contributed by atoms with van der Waals surface area (Å²) in [6.07, 6.45) is 4.23. The van der Waals surface area contributed by atoms with Crippen LogP contribution < -0.4 is 14.8 Å². The molecule has 1 saturated heterocycles. The van der Waals surface area contributed by atoms with E-state index in [9.17, 15) is 9.59 Å². The Hall–Kier alpha value is -3.00. The average molecular weight is 482 g/mol. The summed E-state index contributed by atoms with van der Waals surface area (Å²) in [6, 6.07) is 11.5. The maximum Gasteiger partial charge on any atom is 0.242 e. The molecule has 2 aliphatic rings. The lowest BCUT2D eigenvalue weighted by Crippen LogP contribution is -2.40. The Balaban J connectivity index is 1.54. The average Bonchev–Trinajstić information content (AvgIpc) is 3.44. The number of amides is 2. The van der Waals surface area contributed by atoms with Crippen molar-refractivity contribution in [1.29, 1.82) is 0 Å². The van der Waals surface area contributed by atoms with Crippen LogP contribution in [0.15, 0.2) is 41.4 Å². The molecule has 2 fully saturated rings. The first-order valence-corrected chi connectivity index (χ1v) is 12.4. The largest absolute Gasteiger partial charge is 0.497 e. The second-order valence-corrected chi connectivity index (χ2v) is 9.93. The molecule has 0 spiro atoms. The van der Waals surface area contributed by atoms with Crippen molar-refractivity contribution in [3.05, 3.63) is 47.5 Å². The number of carbonyl (C=O) groups is 2. The molecule has 4 rings (SSSR count). The molecule has 2 amide bonds. The van der Waals surface area contributed by atoms with Crippen LogP contribution >= 0.6 is 11.8 Å². The second-order valence-electron chi connectivity index (χ2n) is 8.76. The molecule has 7 nitrogen and oxygen atoms in total. The monoisotopic (exact) mass is 481 g/mol. The third-order valence-corrected chi connectivity index (χ3v) is 7.44. The van der Waals surface area contributed by atoms with Crippen molar-refractivity contribution in [3.63, 3.8) is 0 Å². The highest BCUT2D eigenvalue weighted by Crippen LogP contribution is 2.38. The van der Waals surface area contributed by atoms with Crippen LogP contribution in [0.25, 0.3) is 0 Å². The Morgan fingerprint density at radius 2 is 1.88 bits per heavy atom. The van der Waals surface area contributed by atoms with Crippen molar-refractivity contribution in [2.45, 2.75) is 57.2 Å². The molecule has 34 heavy (non-hydrogen) atoms. The fraction of sp³-hybridized carbons (Fsp3) is 0.423. The Morgan fingerprint density at radius 3 is 2.59 bits per heavy atom. The van der Waals surface area contributed by atoms with Gasteiger partial charge in [0.2, 0.25) is 11.8 Å². The van der Waals surface area contributed by atoms with Crippen molar-refractivity contribution < 1.29 is 19.1 Å². The van der Waals surface area contributed by atoms with Gasteiger partial charge in [-0.3, -0.25) is 14.5 Å². The smallest absolute Gasteiger partial charge is 0.242 e. The molecular weight excluding hydrogens is 450 g/mol. The third-order valence-electron chi connectivity index (χ3n) is 6.29. The lowest BCUT2D eigenvalue weighted by molar-refractivity contribution is -0.129. The Labute approximate surface area is 204 Å². The maximum absolute atomic E-state index is 13.4. The molecule has 0 radical (unpaired) electrons. The summed E-state index contributed by atoms with van der Waals surface area (Å²) in [5, 5.41) is 3.08. The molecule has 2 aromatic rings. The molecule has 0 bridgehead atoms. The van der Waals surface area contributed by atoms with E-state index in [4.69, 9.17) is 14.5 Å². The molecule has 1 aliphatic carbocycles. The number of aryl methyl sites for hydroxylation is 2. The van der Waals surface area contributed by atoms with E-state index >= 15 is 0 Å². The number of hydrogen-bond acceptors (Lipinski definition) is 6. The lowest BCUT2D eigenvalue weighted by Gasteiger charge is -2.24. The second kappa shape index (κ2) is 10.5. The fourth-order valence-corrected chi connectivity index (χ4v) is 5.61. The lowest BCUT2D eigenvalue weighted by atomic mass is 10.1. The predicted molar refractivity (Wildman–Crippen MR) is 136 cm³/mol. The zero-order valence-corrected chi connectivity index (χ0v) is 20.9. The zero-order valence-electron chi connectivity index (χ0n) is 20.1. The first-order chi connectivity index (χ1) is 16.4. The number of thioether (sulfide) groups is 1. The van der Waals surface area contributed by atoms with Crippen LogP contribution in [0.3, 0.4) is 0 Å². The van der Waals surface area contributed by atoms with Crippen LogP contribution in [0, 0.1) is 13.8 Å². The number of nitrogens with zero attached hydrogens (tertiary/aromatic N) is 2. The van der Waals surface area contributed by atoms with Crippen LogP contribution in [0.4, 0.5) is 11.4 Å². The van der Waals surface area contributed by atoms with Gasteiger partial charge in [0.1, 0.15) is 16.7 Å². The van der Waals surface area contributed by atoms with E-state index in [2.05, 4.69) is 11.4 Å². The summed E-state index contributed by atoms with van der Waals surface area (Å²) in [7, 11) is 3.11. The molecule has 180 valence electrons. The molecule has 1 heterocycles. The standard InChI is InChI=1S/C26H31N3O4S/c1-16-9-10-17(2)21(13-16)28-26-29(18-7-5-6-8-18)25(31)23(34-26)15-24(30)27-20-12-11-19(32-3)14-22(20)33-4/h9-14,18,23H,5-8,15H2,1-4H3,(H,27,30). The van der Waals surface area contributed by atoms with Crippen LogP contribution in [0.2, 0.25) is 0 Å². The first kappa shape index (κ1) is 24.1. The Morgan fingerprint density at radius 1 is 1.12 bits per heavy atom. The number of rotatable bonds is 7. The highest BCUT2D eigenvalue weighted by molar-refractivity contribution is 8.15. The summed E-state index contributed by atoms with van der Waals surface area (Å²) in [5.74, 6) is 0.866. The van der Waals surface area contributed by atoms with E-state index in [1.54, 1.807) is 25.3 Å². The maximum atomic E-state index is 13.4. The number of ether oxygens (including phenoxy) is 2. The number of hydrogen-bond donors (Lipinski definition) is 1. The Bertz CT molecular complexity index is 1110. The quantitative estimate of drug-likeness (QED) is 0.586. The van der Waals surface area contributed by atoms with Gasteiger partial charge >= 0.3 is 0 Å². The minimum atomic E-state index is -0.506. The number of nitrogens with one attached hydrogen (secondary N) is 1. The number of aliphatic imine (C=N–C) groups is 1. The van der Waals surface area contributed by atoms with Crippen molar-refractivity contribution >= 4 is 40.1 Å². The summed E-state index contributed by atoms with van der Waals surface area (Å²) in [6.45, 7) is 4.05. The van der Waals surface area contributed by atoms with Gasteiger partial charge in [0, 0.05) is 18.5 Å². The molecule has 8 heteroatoms. The van der Waals surface area contributed by atoms with Gasteiger partial charge in [-0.1, -0.05) is 36.7 Å². The zero-order chi connectivity index (χ0) is 24.2. The SMILES string of the molecule is COc1ccc(NC(=O)CC2SC(=Nc3cc(C)ccc3C)N(C3CCCC3)C2=O)c(OC)c1. The number of benzene rings is 2. The number of methoxy groups -OCH3 is 2. The molecule has 1 atom stereocenters. The van der Waals surface area contributed by atoms with Crippen molar-refractivity contribution in [2.24, 2.45) is 4.99 Å². The van der Waals surface area contributed by atoms with E-state index in [1.807, 2.05) is 30.9 Å². The fourth-order valence-electron chi connectivity index (χ4n) is 4.41. The number of anilines is 1. The first-order valence-electron chi connectivity index (χ1n) is 11.6. The van der Waals surface area contributed by atoms with E-state index in [0.717, 1.165) is 42.5 Å². The van der Waals surface area contributed by atoms with E-state index in [-0.39, 0.29) is 24.3 Å².